The molecule has 0 saturated carbocycles. The number of aromatic nitrogens is 2. The molecule has 2 unspecified atom stereocenters. The first kappa shape index (κ1) is 23.4. The summed E-state index contributed by atoms with van der Waals surface area (Å²) in [5, 5.41) is 2.47. The van der Waals surface area contributed by atoms with Crippen LogP contribution in [-0.4, -0.2) is 48.2 Å². The number of alkyl halides is 3. The maximum atomic E-state index is 14.6. The molecule has 12 heteroatoms. The van der Waals surface area contributed by atoms with Crippen LogP contribution in [-0.2, 0) is 10.3 Å². The van der Waals surface area contributed by atoms with Crippen molar-refractivity contribution in [3.63, 3.8) is 0 Å². The van der Waals surface area contributed by atoms with Crippen molar-refractivity contribution in [2.75, 3.05) is 25.6 Å². The summed E-state index contributed by atoms with van der Waals surface area (Å²) >= 11 is 0. The van der Waals surface area contributed by atoms with Crippen molar-refractivity contribution in [2.45, 2.75) is 25.1 Å². The molecule has 2 aromatic rings. The van der Waals surface area contributed by atoms with Crippen molar-refractivity contribution in [3.05, 3.63) is 47.7 Å². The van der Waals surface area contributed by atoms with Gasteiger partial charge in [-0.25, -0.2) is 14.4 Å². The van der Waals surface area contributed by atoms with Gasteiger partial charge in [0.15, 0.2) is 0 Å². The van der Waals surface area contributed by atoms with E-state index >= 15 is 0 Å². The predicted molar refractivity (Wildman–Crippen MR) is 107 cm³/mol. The number of carbonyl (C=O) groups excluding carboxylic acids is 1. The summed E-state index contributed by atoms with van der Waals surface area (Å²) in [6.45, 7) is 1.77. The molecule has 0 saturated heterocycles. The van der Waals surface area contributed by atoms with E-state index in [4.69, 9.17) is 15.2 Å². The van der Waals surface area contributed by atoms with Crippen molar-refractivity contribution < 1.29 is 31.8 Å². The maximum Gasteiger partial charge on any atom is 0.394 e. The third-order valence-electron chi connectivity index (χ3n) is 5.03. The number of hydrogen-bond donors (Lipinski definition) is 2. The zero-order chi connectivity index (χ0) is 23.5. The Balaban J connectivity index is 1.81. The number of nitrogens with zero attached hydrogens (tertiary/aromatic N) is 3. The van der Waals surface area contributed by atoms with Crippen LogP contribution in [0, 0.1) is 11.7 Å². The average molecular weight is 455 g/mol. The zero-order valence-electron chi connectivity index (χ0n) is 17.2. The van der Waals surface area contributed by atoms with Gasteiger partial charge < -0.3 is 20.5 Å². The van der Waals surface area contributed by atoms with Gasteiger partial charge in [-0.1, -0.05) is 0 Å². The fourth-order valence-electron chi connectivity index (χ4n) is 3.44. The van der Waals surface area contributed by atoms with Crippen molar-refractivity contribution in [2.24, 2.45) is 16.6 Å². The van der Waals surface area contributed by atoms with Crippen LogP contribution in [0.2, 0.25) is 0 Å². The van der Waals surface area contributed by atoms with E-state index in [-0.39, 0.29) is 35.3 Å². The number of rotatable bonds is 7. The Morgan fingerprint density at radius 2 is 2.03 bits per heavy atom. The maximum absolute atomic E-state index is 14.6. The molecule has 1 aliphatic heterocycles. The molecule has 1 amide bonds. The topological polar surface area (TPSA) is 112 Å². The van der Waals surface area contributed by atoms with Gasteiger partial charge in [0.05, 0.1) is 36.3 Å². The first-order valence-electron chi connectivity index (χ1n) is 9.50. The summed E-state index contributed by atoms with van der Waals surface area (Å²) in [6.07, 6.45) is -2.77. The normalized spacial score (nSPS) is 20.7. The van der Waals surface area contributed by atoms with Crippen LogP contribution in [0.15, 0.2) is 35.6 Å². The van der Waals surface area contributed by atoms with Crippen molar-refractivity contribution >= 4 is 17.4 Å². The van der Waals surface area contributed by atoms with Gasteiger partial charge >= 0.3 is 6.18 Å². The second kappa shape index (κ2) is 9.07. The second-order valence-electron chi connectivity index (χ2n) is 7.28. The standard InChI is InChI=1S/C20H21F4N5O3/c1-19(15(20(22,23)24)8-16(25)29-19)12-7-11(3-4-13(12)21)28-18(30)14-9-27-17(10-26-14)32-6-5-31-2/h3-4,7,9-10,15H,5-6,8H2,1-2H3,(H2,25,29)(H,28,30). The van der Waals surface area contributed by atoms with Gasteiger partial charge in [-0.3, -0.25) is 9.79 Å². The van der Waals surface area contributed by atoms with E-state index in [1.54, 1.807) is 0 Å². The van der Waals surface area contributed by atoms with E-state index in [0.29, 0.717) is 6.61 Å². The molecule has 3 rings (SSSR count). The molecular formula is C20H21F4N5O3. The van der Waals surface area contributed by atoms with Crippen LogP contribution in [0.5, 0.6) is 5.88 Å². The number of carbonyl (C=O) groups is 1. The molecule has 0 fully saturated rings. The van der Waals surface area contributed by atoms with Crippen molar-refractivity contribution in [3.8, 4) is 5.88 Å². The number of nitrogens with two attached hydrogens (primary N) is 1. The Bertz CT molecular complexity index is 1010. The SMILES string of the molecule is COCCOc1cnc(C(=O)Nc2ccc(F)c(C3(C)N=C(N)CC3C(F)(F)F)c2)cn1. The summed E-state index contributed by atoms with van der Waals surface area (Å²) in [4.78, 5) is 24.2. The summed E-state index contributed by atoms with van der Waals surface area (Å²) in [5.41, 5.74) is 3.26. The Labute approximate surface area is 180 Å². The highest BCUT2D eigenvalue weighted by Gasteiger charge is 2.56. The predicted octanol–water partition coefficient (Wildman–Crippen LogP) is 3.05. The monoisotopic (exact) mass is 455 g/mol. The quantitative estimate of drug-likeness (QED) is 0.490. The first-order valence-corrected chi connectivity index (χ1v) is 9.50. The largest absolute Gasteiger partial charge is 0.474 e. The summed E-state index contributed by atoms with van der Waals surface area (Å²) in [6, 6.07) is 3.30. The second-order valence-corrected chi connectivity index (χ2v) is 7.28. The number of methoxy groups -OCH3 is 1. The lowest BCUT2D eigenvalue weighted by Crippen LogP contribution is -2.38. The molecule has 1 aromatic carbocycles. The average Bonchev–Trinajstić information content (AvgIpc) is 3.05. The van der Waals surface area contributed by atoms with Crippen LogP contribution >= 0.6 is 0 Å². The van der Waals surface area contributed by atoms with Crippen LogP contribution in [0.25, 0.3) is 0 Å². The number of anilines is 1. The minimum absolute atomic E-state index is 0.0662. The van der Waals surface area contributed by atoms with Crippen LogP contribution in [0.1, 0.15) is 29.4 Å². The van der Waals surface area contributed by atoms with Crippen molar-refractivity contribution in [1.29, 1.82) is 0 Å². The fraction of sp³-hybridized carbons (Fsp3) is 0.400. The molecule has 32 heavy (non-hydrogen) atoms. The lowest BCUT2D eigenvalue weighted by Gasteiger charge is -2.31. The number of nitrogens with one attached hydrogen (secondary N) is 1. The molecule has 2 atom stereocenters. The number of halogens is 4. The molecule has 172 valence electrons. The number of amides is 1. The fourth-order valence-corrected chi connectivity index (χ4v) is 3.44. The van der Waals surface area contributed by atoms with Gasteiger partial charge in [0.25, 0.3) is 5.91 Å². The van der Waals surface area contributed by atoms with Crippen molar-refractivity contribution in [1.82, 2.24) is 9.97 Å². The highest BCUT2D eigenvalue weighted by atomic mass is 19.4. The number of benzene rings is 1. The van der Waals surface area contributed by atoms with E-state index in [1.165, 1.54) is 32.5 Å². The molecule has 0 aliphatic carbocycles. The molecule has 8 nitrogen and oxygen atoms in total. The van der Waals surface area contributed by atoms with E-state index < -0.39 is 35.8 Å². The molecular weight excluding hydrogens is 434 g/mol. The Kier molecular flexibility index (Phi) is 6.63. The van der Waals surface area contributed by atoms with E-state index in [2.05, 4.69) is 20.3 Å². The number of aliphatic imine (C=N–C) groups is 1. The summed E-state index contributed by atoms with van der Waals surface area (Å²) < 4.78 is 65.3. The number of amidine groups is 1. The Hall–Kier alpha value is -3.28. The molecule has 1 aliphatic rings. The third kappa shape index (κ3) is 4.96. The first-order chi connectivity index (χ1) is 15.0. The Morgan fingerprint density at radius 1 is 1.28 bits per heavy atom. The van der Waals surface area contributed by atoms with E-state index in [9.17, 15) is 22.4 Å². The van der Waals surface area contributed by atoms with Gasteiger partial charge in [-0.05, 0) is 25.1 Å². The summed E-state index contributed by atoms with van der Waals surface area (Å²) in [7, 11) is 1.51. The van der Waals surface area contributed by atoms with Gasteiger partial charge in [0.2, 0.25) is 5.88 Å². The van der Waals surface area contributed by atoms with Crippen LogP contribution in [0.4, 0.5) is 23.2 Å². The molecule has 3 N–H and O–H groups in total. The molecule has 0 radical (unpaired) electrons. The highest BCUT2D eigenvalue weighted by molar-refractivity contribution is 6.02. The van der Waals surface area contributed by atoms with Gasteiger partial charge in [0, 0.05) is 24.8 Å². The zero-order valence-corrected chi connectivity index (χ0v) is 17.2. The molecule has 0 spiro atoms. The molecule has 1 aromatic heterocycles. The minimum Gasteiger partial charge on any atom is -0.474 e. The van der Waals surface area contributed by atoms with Gasteiger partial charge in [-0.2, -0.15) is 13.2 Å². The lowest BCUT2D eigenvalue weighted by atomic mass is 9.79. The molecule has 0 bridgehead atoms. The minimum atomic E-state index is -4.65. The Morgan fingerprint density at radius 3 is 2.66 bits per heavy atom. The number of hydrogen-bond acceptors (Lipinski definition) is 7. The number of ether oxygens (including phenoxy) is 2. The van der Waals surface area contributed by atoms with Gasteiger partial charge in [-0.15, -0.1) is 0 Å². The van der Waals surface area contributed by atoms with E-state index in [0.717, 1.165) is 12.1 Å². The highest BCUT2D eigenvalue weighted by Crippen LogP contribution is 2.49. The van der Waals surface area contributed by atoms with Crippen LogP contribution < -0.4 is 15.8 Å². The smallest absolute Gasteiger partial charge is 0.394 e. The third-order valence-corrected chi connectivity index (χ3v) is 5.03. The lowest BCUT2D eigenvalue weighted by molar-refractivity contribution is -0.187. The molecule has 2 heterocycles. The van der Waals surface area contributed by atoms with E-state index in [1.807, 2.05) is 0 Å². The summed E-state index contributed by atoms with van der Waals surface area (Å²) in [5.74, 6) is -3.61. The van der Waals surface area contributed by atoms with Gasteiger partial charge in [0.1, 0.15) is 18.1 Å². The van der Waals surface area contributed by atoms with Crippen LogP contribution in [0.3, 0.4) is 0 Å².